The molecule has 0 aliphatic heterocycles. The van der Waals surface area contributed by atoms with E-state index in [9.17, 15) is 22.4 Å². The lowest BCUT2D eigenvalue weighted by atomic mass is 10.1. The minimum absolute atomic E-state index is 0.340. The number of aryl methyl sites for hydroxylation is 1. The van der Waals surface area contributed by atoms with Crippen LogP contribution in [0.3, 0.4) is 0 Å². The summed E-state index contributed by atoms with van der Waals surface area (Å²) in [6, 6.07) is 8.41. The lowest BCUT2D eigenvalue weighted by Gasteiger charge is -2.07. The fraction of sp³-hybridized carbons (Fsp3) is 0.118. The van der Waals surface area contributed by atoms with E-state index in [0.29, 0.717) is 16.8 Å². The molecule has 0 saturated carbocycles. The second-order valence-corrected chi connectivity index (χ2v) is 4.90. The lowest BCUT2D eigenvalue weighted by molar-refractivity contribution is -0.137. The van der Waals surface area contributed by atoms with Gasteiger partial charge in [-0.3, -0.25) is 4.79 Å². The van der Waals surface area contributed by atoms with Gasteiger partial charge in [0.1, 0.15) is 5.82 Å². The average molecular weight is 323 g/mol. The van der Waals surface area contributed by atoms with Crippen LogP contribution in [0.2, 0.25) is 0 Å². The van der Waals surface area contributed by atoms with Crippen molar-refractivity contribution in [3.05, 3.63) is 71.0 Å². The van der Waals surface area contributed by atoms with Gasteiger partial charge in [0.15, 0.2) is 0 Å². The molecule has 0 bridgehead atoms. The van der Waals surface area contributed by atoms with Crippen LogP contribution in [0.1, 0.15) is 16.7 Å². The van der Waals surface area contributed by atoms with E-state index >= 15 is 0 Å². The highest BCUT2D eigenvalue weighted by atomic mass is 19.4. The van der Waals surface area contributed by atoms with Crippen molar-refractivity contribution in [2.24, 2.45) is 0 Å². The molecule has 2 aromatic rings. The maximum Gasteiger partial charge on any atom is 0.416 e. The molecular weight excluding hydrogens is 310 g/mol. The molecule has 1 amide bonds. The van der Waals surface area contributed by atoms with Crippen LogP contribution in [0.15, 0.2) is 48.5 Å². The molecule has 0 saturated heterocycles. The van der Waals surface area contributed by atoms with Crippen molar-refractivity contribution >= 4 is 17.7 Å². The van der Waals surface area contributed by atoms with E-state index in [1.807, 2.05) is 0 Å². The number of hydrogen-bond acceptors (Lipinski definition) is 1. The third-order valence-electron chi connectivity index (χ3n) is 3.12. The highest BCUT2D eigenvalue weighted by molar-refractivity contribution is 6.02. The van der Waals surface area contributed by atoms with E-state index in [2.05, 4.69) is 5.32 Å². The third-order valence-corrected chi connectivity index (χ3v) is 3.12. The number of benzene rings is 2. The van der Waals surface area contributed by atoms with Gasteiger partial charge in [0.05, 0.1) is 5.56 Å². The summed E-state index contributed by atoms with van der Waals surface area (Å²) in [6.45, 7) is 1.72. The van der Waals surface area contributed by atoms with Crippen LogP contribution >= 0.6 is 0 Å². The molecule has 2 rings (SSSR count). The zero-order chi connectivity index (χ0) is 17.0. The number of amides is 1. The van der Waals surface area contributed by atoms with E-state index in [4.69, 9.17) is 0 Å². The predicted molar refractivity (Wildman–Crippen MR) is 80.2 cm³/mol. The van der Waals surface area contributed by atoms with Crippen LogP contribution in [0.25, 0.3) is 6.08 Å². The summed E-state index contributed by atoms with van der Waals surface area (Å²) in [5.41, 5.74) is 0.730. The Morgan fingerprint density at radius 1 is 1.09 bits per heavy atom. The molecule has 0 unspecified atom stereocenters. The molecule has 0 aromatic heterocycles. The quantitative estimate of drug-likeness (QED) is 0.638. The van der Waals surface area contributed by atoms with Gasteiger partial charge in [-0.2, -0.15) is 13.2 Å². The topological polar surface area (TPSA) is 29.1 Å². The van der Waals surface area contributed by atoms with Gasteiger partial charge in [0.2, 0.25) is 5.91 Å². The maximum absolute atomic E-state index is 13.1. The number of anilines is 1. The number of carbonyl (C=O) groups is 1. The normalized spacial score (nSPS) is 11.7. The summed E-state index contributed by atoms with van der Waals surface area (Å²) < 4.78 is 50.4. The Hall–Kier alpha value is -2.63. The van der Waals surface area contributed by atoms with Gasteiger partial charge in [0, 0.05) is 11.8 Å². The largest absolute Gasteiger partial charge is 0.416 e. The molecular formula is C17H13F4NO. The Labute approximate surface area is 130 Å². The molecule has 2 aromatic carbocycles. The number of hydrogen-bond donors (Lipinski definition) is 1. The Morgan fingerprint density at radius 3 is 2.35 bits per heavy atom. The molecule has 0 aliphatic carbocycles. The number of carbonyl (C=O) groups excluding carboxylic acids is 1. The van der Waals surface area contributed by atoms with Gasteiger partial charge in [-0.25, -0.2) is 4.39 Å². The van der Waals surface area contributed by atoms with Gasteiger partial charge in [-0.15, -0.1) is 0 Å². The van der Waals surface area contributed by atoms with Crippen molar-refractivity contribution in [3.8, 4) is 0 Å². The van der Waals surface area contributed by atoms with Crippen molar-refractivity contribution < 1.29 is 22.4 Å². The number of rotatable bonds is 3. The summed E-state index contributed by atoms with van der Waals surface area (Å²) in [5.74, 6) is -0.976. The lowest BCUT2D eigenvalue weighted by Crippen LogP contribution is -2.09. The predicted octanol–water partition coefficient (Wildman–Crippen LogP) is 4.80. The van der Waals surface area contributed by atoms with E-state index in [-0.39, 0.29) is 0 Å². The van der Waals surface area contributed by atoms with Crippen LogP contribution in [0, 0.1) is 12.7 Å². The Balaban J connectivity index is 2.05. The molecule has 0 aliphatic rings. The minimum atomic E-state index is -4.39. The van der Waals surface area contributed by atoms with Crippen LogP contribution in [0.4, 0.5) is 23.2 Å². The SMILES string of the molecule is Cc1ccc(F)cc1NC(=O)/C=C/c1ccc(C(F)(F)F)cc1. The van der Waals surface area contributed by atoms with Crippen molar-refractivity contribution in [1.82, 2.24) is 0 Å². The van der Waals surface area contributed by atoms with Gasteiger partial charge in [-0.1, -0.05) is 18.2 Å². The molecule has 1 N–H and O–H groups in total. The van der Waals surface area contributed by atoms with Crippen molar-refractivity contribution in [1.29, 1.82) is 0 Å². The van der Waals surface area contributed by atoms with Gasteiger partial charge < -0.3 is 5.32 Å². The summed E-state index contributed by atoms with van der Waals surface area (Å²) >= 11 is 0. The summed E-state index contributed by atoms with van der Waals surface area (Å²) in [6.07, 6.45) is -1.84. The smallest absolute Gasteiger partial charge is 0.322 e. The second kappa shape index (κ2) is 6.64. The highest BCUT2D eigenvalue weighted by Gasteiger charge is 2.29. The number of alkyl halides is 3. The molecule has 0 fully saturated rings. The number of nitrogens with one attached hydrogen (secondary N) is 1. The molecule has 0 heterocycles. The molecule has 23 heavy (non-hydrogen) atoms. The first-order chi connectivity index (χ1) is 10.8. The Bertz CT molecular complexity index is 733. The average Bonchev–Trinajstić information content (AvgIpc) is 2.48. The fourth-order valence-electron chi connectivity index (χ4n) is 1.86. The Kier molecular flexibility index (Phi) is 4.83. The first-order valence-electron chi connectivity index (χ1n) is 6.68. The summed E-state index contributed by atoms with van der Waals surface area (Å²) in [5, 5.41) is 2.51. The van der Waals surface area contributed by atoms with E-state index in [1.54, 1.807) is 6.92 Å². The molecule has 0 spiro atoms. The van der Waals surface area contributed by atoms with Crippen LogP contribution in [-0.2, 0) is 11.0 Å². The van der Waals surface area contributed by atoms with Gasteiger partial charge in [-0.05, 0) is 48.4 Å². The zero-order valence-corrected chi connectivity index (χ0v) is 12.1. The van der Waals surface area contributed by atoms with E-state index in [0.717, 1.165) is 12.1 Å². The fourth-order valence-corrected chi connectivity index (χ4v) is 1.86. The first kappa shape index (κ1) is 16.7. The Morgan fingerprint density at radius 2 is 1.74 bits per heavy atom. The minimum Gasteiger partial charge on any atom is -0.322 e. The monoisotopic (exact) mass is 323 g/mol. The standard InChI is InChI=1S/C17H13F4NO/c1-11-2-8-14(18)10-15(11)22-16(23)9-5-12-3-6-13(7-4-12)17(19,20)21/h2-10H,1H3,(H,22,23)/b9-5+. The van der Waals surface area contributed by atoms with Crippen molar-refractivity contribution in [3.63, 3.8) is 0 Å². The van der Waals surface area contributed by atoms with Gasteiger partial charge in [0.25, 0.3) is 0 Å². The second-order valence-electron chi connectivity index (χ2n) is 4.90. The maximum atomic E-state index is 13.1. The summed E-state index contributed by atoms with van der Waals surface area (Å²) in [7, 11) is 0. The third kappa shape index (κ3) is 4.67. The molecule has 6 heteroatoms. The van der Waals surface area contributed by atoms with Crippen LogP contribution in [0.5, 0.6) is 0 Å². The molecule has 0 radical (unpaired) electrons. The van der Waals surface area contributed by atoms with E-state index < -0.39 is 23.5 Å². The molecule has 0 atom stereocenters. The first-order valence-corrected chi connectivity index (χ1v) is 6.68. The van der Waals surface area contributed by atoms with E-state index in [1.165, 1.54) is 42.5 Å². The van der Waals surface area contributed by atoms with Crippen molar-refractivity contribution in [2.75, 3.05) is 5.32 Å². The highest BCUT2D eigenvalue weighted by Crippen LogP contribution is 2.29. The van der Waals surface area contributed by atoms with Crippen LogP contribution < -0.4 is 5.32 Å². The summed E-state index contributed by atoms with van der Waals surface area (Å²) in [4.78, 5) is 11.8. The van der Waals surface area contributed by atoms with Gasteiger partial charge >= 0.3 is 6.18 Å². The zero-order valence-electron chi connectivity index (χ0n) is 12.1. The van der Waals surface area contributed by atoms with Crippen molar-refractivity contribution in [2.45, 2.75) is 13.1 Å². The number of halogens is 4. The molecule has 120 valence electrons. The van der Waals surface area contributed by atoms with Crippen LogP contribution in [-0.4, -0.2) is 5.91 Å². The molecule has 2 nitrogen and oxygen atoms in total.